The van der Waals surface area contributed by atoms with Gasteiger partial charge in [-0.1, -0.05) is 0 Å². The van der Waals surface area contributed by atoms with E-state index in [2.05, 4.69) is 0 Å². The third kappa shape index (κ3) is 9.13. The van der Waals surface area contributed by atoms with Gasteiger partial charge in [-0.25, -0.2) is 0 Å². The molecule has 0 saturated heterocycles. The van der Waals surface area contributed by atoms with Crippen LogP contribution in [0, 0.1) is 37.8 Å². The van der Waals surface area contributed by atoms with Gasteiger partial charge in [-0.2, -0.15) is 0 Å². The summed E-state index contributed by atoms with van der Waals surface area (Å²) in [5, 5.41) is 0. The summed E-state index contributed by atoms with van der Waals surface area (Å²) in [6, 6.07) is 0. The van der Waals surface area contributed by atoms with E-state index in [0.717, 1.165) is 0 Å². The third-order valence-electron chi connectivity index (χ3n) is 0. The molecule has 4 heavy (non-hydrogen) atoms. The van der Waals surface area contributed by atoms with Gasteiger partial charge in [-0.3, -0.25) is 0 Å². The Morgan fingerprint density at radius 2 is 1.25 bits per heavy atom. The molecule has 0 aromatic heterocycles. The summed E-state index contributed by atoms with van der Waals surface area (Å²) < 4.78 is 17.1. The van der Waals surface area contributed by atoms with Crippen molar-refractivity contribution in [3.8, 4) is 0 Å². The minimum Gasteiger partial charge on any atom is 0 e. The Bertz CT molecular complexity index is 27.0. The normalized spacial score (nSPS) is 2.00. The van der Waals surface area contributed by atoms with E-state index in [1.54, 1.807) is 0 Å². The monoisotopic (exact) mass is 262 g/mol. The number of hydrogen-bond donors (Lipinski definition) is 0. The van der Waals surface area contributed by atoms with Crippen molar-refractivity contribution in [1.82, 2.24) is 0 Å². The van der Waals surface area contributed by atoms with Crippen LogP contribution in [-0.2, 0) is 28.1 Å². The van der Waals surface area contributed by atoms with Crippen LogP contribution in [0.1, 0.15) is 0 Å². The van der Waals surface area contributed by atoms with Crippen molar-refractivity contribution in [1.29, 1.82) is 0 Å². The van der Waals surface area contributed by atoms with E-state index in [9.17, 15) is 0 Å². The van der Waals surface area contributed by atoms with Gasteiger partial charge in [0.05, 0.1) is 0 Å². The van der Waals surface area contributed by atoms with Crippen molar-refractivity contribution in [2.45, 2.75) is 0 Å². The van der Waals surface area contributed by atoms with Crippen LogP contribution >= 0.6 is 0 Å². The first-order chi connectivity index (χ1) is 1.41. The topological polar surface area (TPSA) is 34.1 Å². The summed E-state index contributed by atoms with van der Waals surface area (Å²) in [5.74, 6) is 0. The Morgan fingerprint density at radius 1 is 1.25 bits per heavy atom. The van der Waals surface area contributed by atoms with Crippen LogP contribution in [0.4, 0.5) is 0 Å². The van der Waals surface area contributed by atoms with Crippen molar-refractivity contribution in [3.05, 3.63) is 0 Å². The SMILES string of the molecule is [O]=[Ce]=[O].[Zr]. The Hall–Kier alpha value is 1.86. The zero-order valence-electron chi connectivity index (χ0n) is 1.82. The molecule has 0 heterocycles. The first-order valence-electron chi connectivity index (χ1n) is 0.408. The maximum atomic E-state index is 8.57. The zero-order valence-corrected chi connectivity index (χ0v) is 7.41. The minimum atomic E-state index is -2.42. The van der Waals surface area contributed by atoms with E-state index in [1.807, 2.05) is 0 Å². The van der Waals surface area contributed by atoms with Crippen molar-refractivity contribution < 1.29 is 65.9 Å². The summed E-state index contributed by atoms with van der Waals surface area (Å²) in [5.41, 5.74) is 0. The smallest absolute Gasteiger partial charge is 0 e. The van der Waals surface area contributed by atoms with Gasteiger partial charge in [-0.05, 0) is 0 Å². The predicted molar refractivity (Wildman–Crippen MR) is 1.37 cm³/mol. The van der Waals surface area contributed by atoms with Gasteiger partial charge in [0.25, 0.3) is 0 Å². The van der Waals surface area contributed by atoms with Gasteiger partial charge in [0.2, 0.25) is 0 Å². The van der Waals surface area contributed by atoms with E-state index in [-0.39, 0.29) is 26.2 Å². The molecule has 0 radical (unpaired) electrons. The molecule has 0 bridgehead atoms. The molecule has 4 heteroatoms. The molecule has 0 atom stereocenters. The van der Waals surface area contributed by atoms with Crippen LogP contribution in [0.3, 0.4) is 0 Å². The fraction of sp³-hybridized carbons (Fsp3) is 0. The first-order valence-corrected chi connectivity index (χ1v) is 2.97. The third-order valence-corrected chi connectivity index (χ3v) is 0. The van der Waals surface area contributed by atoms with Gasteiger partial charge in [0.1, 0.15) is 0 Å². The number of rotatable bonds is 0. The molecule has 0 aromatic rings. The largest absolute Gasteiger partial charge is 0 e. The standard InChI is InChI=1S/Ce.2O.Zr. The summed E-state index contributed by atoms with van der Waals surface area (Å²) in [6.07, 6.45) is 0. The molecule has 0 aliphatic heterocycles. The molecule has 0 fully saturated rings. The van der Waals surface area contributed by atoms with E-state index in [0.29, 0.717) is 0 Å². The minimum absolute atomic E-state index is 0. The Kier molecular flexibility index (Phi) is 20.6. The Balaban J connectivity index is 0. The van der Waals surface area contributed by atoms with Crippen molar-refractivity contribution >= 4 is 0 Å². The van der Waals surface area contributed by atoms with Crippen LogP contribution in [0.5, 0.6) is 0 Å². The van der Waals surface area contributed by atoms with Crippen molar-refractivity contribution in [2.75, 3.05) is 0 Å². The fourth-order valence-electron chi connectivity index (χ4n) is 0. The van der Waals surface area contributed by atoms with Crippen LogP contribution in [0.25, 0.3) is 0 Å². The second-order valence-corrected chi connectivity index (χ2v) is 0.607. The van der Waals surface area contributed by atoms with Crippen LogP contribution in [0.15, 0.2) is 0 Å². The Labute approximate surface area is 64.4 Å². The molecule has 0 aromatic carbocycles. The average Bonchev–Trinajstić information content (AvgIpc) is 0.918. The fourth-order valence-corrected chi connectivity index (χ4v) is 0. The van der Waals surface area contributed by atoms with Gasteiger partial charge in [0, 0.05) is 26.2 Å². The van der Waals surface area contributed by atoms with Gasteiger partial charge >= 0.3 is 39.7 Å². The molecule has 20 valence electrons. The second kappa shape index (κ2) is 8.85. The molecule has 0 aliphatic carbocycles. The van der Waals surface area contributed by atoms with Crippen LogP contribution in [0.2, 0.25) is 0 Å². The van der Waals surface area contributed by atoms with E-state index < -0.39 is 37.8 Å². The maximum Gasteiger partial charge on any atom is 0 e. The second-order valence-electron chi connectivity index (χ2n) is 0.0833. The molecule has 0 unspecified atom stereocenters. The molecule has 0 N–H and O–H groups in total. The molecule has 0 spiro atoms. The molecule has 0 amide bonds. The molecular weight excluding hydrogens is 263 g/mol. The number of hydrogen-bond acceptors (Lipinski definition) is 2. The predicted octanol–water partition coefficient (Wildman–Crippen LogP) is -0.240. The molecular formula is CeO2Zr. The summed E-state index contributed by atoms with van der Waals surface area (Å²) >= 11 is -2.42. The summed E-state index contributed by atoms with van der Waals surface area (Å²) in [6.45, 7) is 0. The molecule has 0 aliphatic rings. The quantitative estimate of drug-likeness (QED) is 0.604. The summed E-state index contributed by atoms with van der Waals surface area (Å²) in [4.78, 5) is 0. The average molecular weight is 263 g/mol. The Morgan fingerprint density at radius 3 is 1.25 bits per heavy atom. The van der Waals surface area contributed by atoms with E-state index >= 15 is 0 Å². The van der Waals surface area contributed by atoms with Gasteiger partial charge in [0.15, 0.2) is 0 Å². The van der Waals surface area contributed by atoms with Crippen molar-refractivity contribution in [2.24, 2.45) is 0 Å². The zero-order chi connectivity index (χ0) is 2.71. The van der Waals surface area contributed by atoms with E-state index in [1.165, 1.54) is 0 Å². The maximum absolute atomic E-state index is 8.57. The van der Waals surface area contributed by atoms with E-state index in [4.69, 9.17) is 1.88 Å². The molecule has 2 nitrogen and oxygen atoms in total. The summed E-state index contributed by atoms with van der Waals surface area (Å²) in [7, 11) is 0. The molecule has 0 saturated carbocycles. The van der Waals surface area contributed by atoms with Gasteiger partial charge < -0.3 is 0 Å². The van der Waals surface area contributed by atoms with Crippen LogP contribution in [-0.4, -0.2) is 0 Å². The van der Waals surface area contributed by atoms with Crippen molar-refractivity contribution in [3.63, 3.8) is 0 Å². The first kappa shape index (κ1) is 9.29. The molecule has 0 rings (SSSR count). The van der Waals surface area contributed by atoms with Gasteiger partial charge in [-0.15, -0.1) is 0 Å². The van der Waals surface area contributed by atoms with Crippen LogP contribution < -0.4 is 0 Å².